The van der Waals surface area contributed by atoms with Crippen LogP contribution in [0.2, 0.25) is 5.02 Å². The lowest BCUT2D eigenvalue weighted by molar-refractivity contribution is -0.121. The van der Waals surface area contributed by atoms with Crippen LogP contribution in [0.15, 0.2) is 52.9 Å². The zero-order valence-corrected chi connectivity index (χ0v) is 17.5. The SMILES string of the molecule is Cc1cc(Cl)cc(C)c1OCC(=O)NS(=O)(=O)c1csc(-c2ccccc2)n1. The Morgan fingerprint density at radius 2 is 1.82 bits per heavy atom. The Kier molecular flexibility index (Phi) is 6.02. The van der Waals surface area contributed by atoms with E-state index in [9.17, 15) is 13.2 Å². The van der Waals surface area contributed by atoms with Crippen LogP contribution < -0.4 is 9.46 Å². The third-order valence-corrected chi connectivity index (χ3v) is 6.32. The van der Waals surface area contributed by atoms with Gasteiger partial charge in [-0.2, -0.15) is 8.42 Å². The second-order valence-electron chi connectivity index (χ2n) is 6.04. The molecule has 0 saturated carbocycles. The Labute approximate surface area is 172 Å². The molecule has 0 unspecified atom stereocenters. The molecule has 0 aliphatic rings. The minimum absolute atomic E-state index is 0.205. The zero-order valence-electron chi connectivity index (χ0n) is 15.1. The Hall–Kier alpha value is -2.42. The lowest BCUT2D eigenvalue weighted by Crippen LogP contribution is -2.34. The van der Waals surface area contributed by atoms with Crippen LogP contribution in [0.3, 0.4) is 0 Å². The molecular weight excluding hydrogens is 420 g/mol. The van der Waals surface area contributed by atoms with Crippen molar-refractivity contribution in [2.24, 2.45) is 0 Å². The number of aryl methyl sites for hydroxylation is 2. The van der Waals surface area contributed by atoms with E-state index in [1.165, 1.54) is 16.7 Å². The quantitative estimate of drug-likeness (QED) is 0.632. The highest BCUT2D eigenvalue weighted by Crippen LogP contribution is 2.27. The van der Waals surface area contributed by atoms with E-state index in [1.54, 1.807) is 26.0 Å². The molecule has 3 rings (SSSR count). The predicted octanol–water partition coefficient (Wildman–Crippen LogP) is 3.96. The third-order valence-electron chi connectivity index (χ3n) is 3.80. The fourth-order valence-corrected chi connectivity index (χ4v) is 4.99. The fourth-order valence-electron chi connectivity index (χ4n) is 2.59. The van der Waals surface area contributed by atoms with Crippen LogP contribution in [-0.4, -0.2) is 25.9 Å². The molecule has 6 nitrogen and oxygen atoms in total. The topological polar surface area (TPSA) is 85.4 Å². The highest BCUT2D eigenvalue weighted by atomic mass is 35.5. The molecule has 0 atom stereocenters. The number of thiazole rings is 1. The van der Waals surface area contributed by atoms with Crippen LogP contribution in [-0.2, 0) is 14.8 Å². The second kappa shape index (κ2) is 8.30. The van der Waals surface area contributed by atoms with E-state index in [0.717, 1.165) is 16.7 Å². The van der Waals surface area contributed by atoms with Crippen molar-refractivity contribution in [1.29, 1.82) is 0 Å². The predicted molar refractivity (Wildman–Crippen MR) is 109 cm³/mol. The molecule has 0 saturated heterocycles. The number of amides is 1. The monoisotopic (exact) mass is 436 g/mol. The molecular formula is C19H17ClN2O4S2. The number of aromatic nitrogens is 1. The number of nitrogens with one attached hydrogen (secondary N) is 1. The molecule has 0 aliphatic carbocycles. The van der Waals surface area contributed by atoms with Crippen LogP contribution in [0.25, 0.3) is 10.6 Å². The van der Waals surface area contributed by atoms with Gasteiger partial charge in [-0.1, -0.05) is 41.9 Å². The molecule has 0 radical (unpaired) electrons. The first kappa shape index (κ1) is 20.3. The van der Waals surface area contributed by atoms with Crippen LogP contribution in [0, 0.1) is 13.8 Å². The van der Waals surface area contributed by atoms with E-state index in [-0.39, 0.29) is 5.03 Å². The van der Waals surface area contributed by atoms with Gasteiger partial charge in [-0.15, -0.1) is 11.3 Å². The highest BCUT2D eigenvalue weighted by Gasteiger charge is 2.22. The fraction of sp³-hybridized carbons (Fsp3) is 0.158. The van der Waals surface area contributed by atoms with Gasteiger partial charge in [0.05, 0.1) is 0 Å². The summed E-state index contributed by atoms with van der Waals surface area (Å²) in [6.07, 6.45) is 0. The van der Waals surface area contributed by atoms with Gasteiger partial charge in [-0.25, -0.2) is 9.71 Å². The van der Waals surface area contributed by atoms with E-state index >= 15 is 0 Å². The Morgan fingerprint density at radius 3 is 2.46 bits per heavy atom. The number of halogens is 1. The van der Waals surface area contributed by atoms with E-state index < -0.39 is 22.5 Å². The molecule has 1 N–H and O–H groups in total. The Morgan fingerprint density at radius 1 is 1.18 bits per heavy atom. The number of benzene rings is 2. The van der Waals surface area contributed by atoms with Crippen molar-refractivity contribution in [2.75, 3.05) is 6.61 Å². The van der Waals surface area contributed by atoms with Gasteiger partial charge >= 0.3 is 0 Å². The summed E-state index contributed by atoms with van der Waals surface area (Å²) < 4.78 is 32.3. The summed E-state index contributed by atoms with van der Waals surface area (Å²) in [6.45, 7) is 3.14. The molecule has 0 spiro atoms. The molecule has 3 aromatic rings. The number of carbonyl (C=O) groups is 1. The molecule has 0 aliphatic heterocycles. The summed E-state index contributed by atoms with van der Waals surface area (Å²) in [5.41, 5.74) is 2.32. The lowest BCUT2D eigenvalue weighted by Gasteiger charge is -2.12. The van der Waals surface area contributed by atoms with E-state index in [1.807, 2.05) is 35.1 Å². The first-order valence-corrected chi connectivity index (χ1v) is 11.0. The first-order chi connectivity index (χ1) is 13.3. The zero-order chi connectivity index (χ0) is 20.3. The van der Waals surface area contributed by atoms with Gasteiger partial charge in [0.2, 0.25) is 0 Å². The lowest BCUT2D eigenvalue weighted by atomic mass is 10.1. The average Bonchev–Trinajstić information content (AvgIpc) is 3.12. The molecule has 1 heterocycles. The van der Waals surface area contributed by atoms with Gasteiger partial charge in [-0.05, 0) is 37.1 Å². The van der Waals surface area contributed by atoms with Gasteiger partial charge in [0, 0.05) is 16.0 Å². The largest absolute Gasteiger partial charge is 0.483 e. The summed E-state index contributed by atoms with van der Waals surface area (Å²) in [5.74, 6) is -0.292. The molecule has 2 aromatic carbocycles. The summed E-state index contributed by atoms with van der Waals surface area (Å²) >= 11 is 7.15. The molecule has 1 amide bonds. The smallest absolute Gasteiger partial charge is 0.282 e. The molecule has 146 valence electrons. The molecule has 0 bridgehead atoms. The number of hydrogen-bond donors (Lipinski definition) is 1. The minimum Gasteiger partial charge on any atom is -0.483 e. The second-order valence-corrected chi connectivity index (χ2v) is 8.97. The number of carbonyl (C=O) groups excluding carboxylic acids is 1. The number of sulfonamides is 1. The maximum absolute atomic E-state index is 12.4. The minimum atomic E-state index is -4.08. The van der Waals surface area contributed by atoms with Gasteiger partial charge in [-0.3, -0.25) is 4.79 Å². The number of ether oxygens (including phenoxy) is 1. The van der Waals surface area contributed by atoms with Crippen molar-refractivity contribution in [3.8, 4) is 16.3 Å². The van der Waals surface area contributed by atoms with Crippen LogP contribution in [0.4, 0.5) is 0 Å². The van der Waals surface area contributed by atoms with Crippen LogP contribution in [0.5, 0.6) is 5.75 Å². The summed E-state index contributed by atoms with van der Waals surface area (Å²) in [6, 6.07) is 12.6. The standard InChI is InChI=1S/C19H17ClN2O4S2/c1-12-8-15(20)9-13(2)18(12)26-10-16(23)22-28(24,25)17-11-27-19(21-17)14-6-4-3-5-7-14/h3-9,11H,10H2,1-2H3,(H,22,23). The van der Waals surface area contributed by atoms with Crippen molar-refractivity contribution in [3.05, 3.63) is 64.0 Å². The number of nitrogens with zero attached hydrogens (tertiary/aromatic N) is 1. The summed E-state index contributed by atoms with van der Waals surface area (Å²) in [7, 11) is -4.08. The van der Waals surface area contributed by atoms with E-state index in [0.29, 0.717) is 15.8 Å². The van der Waals surface area contributed by atoms with Crippen LogP contribution in [0.1, 0.15) is 11.1 Å². The van der Waals surface area contributed by atoms with Gasteiger partial charge in [0.25, 0.3) is 15.9 Å². The summed E-state index contributed by atoms with van der Waals surface area (Å²) in [5, 5.41) is 2.31. The Bertz CT molecular complexity index is 1090. The maximum Gasteiger partial charge on any atom is 0.282 e. The number of hydrogen-bond acceptors (Lipinski definition) is 6. The first-order valence-electron chi connectivity index (χ1n) is 8.22. The van der Waals surface area contributed by atoms with Gasteiger partial charge < -0.3 is 4.74 Å². The van der Waals surface area contributed by atoms with E-state index in [4.69, 9.17) is 16.3 Å². The number of rotatable bonds is 6. The van der Waals surface area contributed by atoms with Crippen molar-refractivity contribution in [3.63, 3.8) is 0 Å². The highest BCUT2D eigenvalue weighted by molar-refractivity contribution is 7.90. The van der Waals surface area contributed by atoms with Crippen molar-refractivity contribution in [1.82, 2.24) is 9.71 Å². The average molecular weight is 437 g/mol. The van der Waals surface area contributed by atoms with Crippen molar-refractivity contribution in [2.45, 2.75) is 18.9 Å². The Balaban J connectivity index is 1.68. The maximum atomic E-state index is 12.4. The molecule has 9 heteroatoms. The molecule has 0 fully saturated rings. The third kappa shape index (κ3) is 4.70. The van der Waals surface area contributed by atoms with Gasteiger partial charge in [0.1, 0.15) is 10.8 Å². The van der Waals surface area contributed by atoms with Crippen molar-refractivity contribution < 1.29 is 17.9 Å². The van der Waals surface area contributed by atoms with Crippen LogP contribution >= 0.6 is 22.9 Å². The molecule has 28 heavy (non-hydrogen) atoms. The van der Waals surface area contributed by atoms with Gasteiger partial charge in [0.15, 0.2) is 11.6 Å². The van der Waals surface area contributed by atoms with E-state index in [2.05, 4.69) is 4.98 Å². The van der Waals surface area contributed by atoms with Crippen molar-refractivity contribution >= 4 is 38.9 Å². The normalized spacial score (nSPS) is 11.2. The molecule has 1 aromatic heterocycles. The summed E-state index contributed by atoms with van der Waals surface area (Å²) in [4.78, 5) is 16.2.